The molecule has 1 heterocycles. The molecule has 3 atom stereocenters. The van der Waals surface area contributed by atoms with Crippen molar-refractivity contribution in [3.8, 4) is 0 Å². The molecule has 1 aliphatic heterocycles. The Morgan fingerprint density at radius 3 is 3.17 bits per heavy atom. The van der Waals surface area contributed by atoms with Gasteiger partial charge in [-0.25, -0.2) is 0 Å². The van der Waals surface area contributed by atoms with Gasteiger partial charge in [-0.2, -0.15) is 0 Å². The van der Waals surface area contributed by atoms with Crippen LogP contribution in [0.4, 0.5) is 0 Å². The third-order valence-electron chi connectivity index (χ3n) is 3.23. The topological polar surface area (TPSA) is 23.5 Å². The van der Waals surface area contributed by atoms with Gasteiger partial charge in [-0.05, 0) is 37.6 Å². The molecular weight excluding hydrogens is 150 g/mol. The first kappa shape index (κ1) is 8.52. The second-order valence-corrected chi connectivity index (χ2v) is 4.49. The van der Waals surface area contributed by atoms with Crippen LogP contribution in [0.3, 0.4) is 0 Å². The molecule has 0 aromatic heterocycles. The first-order valence-electron chi connectivity index (χ1n) is 5.16. The van der Waals surface area contributed by atoms with Gasteiger partial charge in [0, 0.05) is 19.2 Å². The fraction of sp³-hybridized carbons (Fsp3) is 1.00. The smallest absolute Gasteiger partial charge is 0.0468 e. The fourth-order valence-electron chi connectivity index (χ4n) is 2.40. The van der Waals surface area contributed by atoms with Crippen molar-refractivity contribution < 1.29 is 5.11 Å². The lowest BCUT2D eigenvalue weighted by Crippen LogP contribution is -2.36. The third-order valence-corrected chi connectivity index (χ3v) is 3.23. The molecule has 1 saturated heterocycles. The average molecular weight is 169 g/mol. The van der Waals surface area contributed by atoms with Crippen LogP contribution in [-0.2, 0) is 0 Å². The van der Waals surface area contributed by atoms with Crippen molar-refractivity contribution in [3.05, 3.63) is 0 Å². The van der Waals surface area contributed by atoms with Crippen LogP contribution in [0.5, 0.6) is 0 Å². The lowest BCUT2D eigenvalue weighted by molar-refractivity contribution is 0.148. The minimum atomic E-state index is 0.341. The summed E-state index contributed by atoms with van der Waals surface area (Å²) in [6, 6.07) is 0.896. The van der Waals surface area contributed by atoms with E-state index in [2.05, 4.69) is 11.8 Å². The minimum absolute atomic E-state index is 0.341. The minimum Gasteiger partial charge on any atom is -0.396 e. The van der Waals surface area contributed by atoms with Gasteiger partial charge in [-0.1, -0.05) is 6.92 Å². The van der Waals surface area contributed by atoms with Crippen molar-refractivity contribution >= 4 is 0 Å². The second-order valence-electron chi connectivity index (χ2n) is 4.49. The summed E-state index contributed by atoms with van der Waals surface area (Å²) in [5, 5.41) is 8.94. The van der Waals surface area contributed by atoms with Gasteiger partial charge in [-0.3, -0.25) is 4.90 Å². The Balaban J connectivity index is 1.79. The Kier molecular flexibility index (Phi) is 2.37. The highest BCUT2D eigenvalue weighted by atomic mass is 16.3. The number of piperidine rings is 1. The molecule has 2 heteroatoms. The van der Waals surface area contributed by atoms with E-state index in [1.54, 1.807) is 0 Å². The van der Waals surface area contributed by atoms with Crippen molar-refractivity contribution in [2.75, 3.05) is 19.7 Å². The number of likely N-dealkylation sites (tertiary alicyclic amines) is 1. The Morgan fingerprint density at radius 2 is 2.42 bits per heavy atom. The molecule has 3 unspecified atom stereocenters. The van der Waals surface area contributed by atoms with E-state index in [4.69, 9.17) is 5.11 Å². The quantitative estimate of drug-likeness (QED) is 0.684. The van der Waals surface area contributed by atoms with Gasteiger partial charge in [0.15, 0.2) is 0 Å². The van der Waals surface area contributed by atoms with Gasteiger partial charge < -0.3 is 5.11 Å². The molecule has 0 radical (unpaired) electrons. The van der Waals surface area contributed by atoms with Gasteiger partial charge in [0.05, 0.1) is 0 Å². The zero-order valence-electron chi connectivity index (χ0n) is 7.87. The maximum Gasteiger partial charge on any atom is 0.0468 e. The molecule has 0 aromatic carbocycles. The summed E-state index contributed by atoms with van der Waals surface area (Å²) in [5.41, 5.74) is 0. The Morgan fingerprint density at radius 1 is 1.58 bits per heavy atom. The van der Waals surface area contributed by atoms with Gasteiger partial charge >= 0.3 is 0 Å². The lowest BCUT2D eigenvalue weighted by Gasteiger charge is -2.28. The van der Waals surface area contributed by atoms with E-state index in [1.807, 2.05) is 0 Å². The van der Waals surface area contributed by atoms with Gasteiger partial charge in [0.1, 0.15) is 0 Å². The predicted molar refractivity (Wildman–Crippen MR) is 49.0 cm³/mol. The van der Waals surface area contributed by atoms with E-state index in [-0.39, 0.29) is 0 Å². The number of rotatable bonds is 3. The van der Waals surface area contributed by atoms with Gasteiger partial charge in [0.2, 0.25) is 0 Å². The molecule has 2 fully saturated rings. The zero-order chi connectivity index (χ0) is 8.55. The van der Waals surface area contributed by atoms with Gasteiger partial charge in [-0.15, -0.1) is 0 Å². The molecular formula is C10H19NO. The van der Waals surface area contributed by atoms with Crippen LogP contribution in [0.1, 0.15) is 26.2 Å². The predicted octanol–water partition coefficient (Wildman–Crippen LogP) is 1.10. The number of nitrogens with zero attached hydrogens (tertiary/aromatic N) is 1. The number of hydrogen-bond donors (Lipinski definition) is 1. The fourth-order valence-corrected chi connectivity index (χ4v) is 2.40. The van der Waals surface area contributed by atoms with Crippen LogP contribution in [0.15, 0.2) is 0 Å². The van der Waals surface area contributed by atoms with E-state index < -0.39 is 0 Å². The molecule has 0 bridgehead atoms. The van der Waals surface area contributed by atoms with E-state index in [9.17, 15) is 0 Å². The van der Waals surface area contributed by atoms with Crippen LogP contribution in [0.2, 0.25) is 0 Å². The van der Waals surface area contributed by atoms with E-state index in [0.717, 1.165) is 18.5 Å². The highest BCUT2D eigenvalue weighted by molar-refractivity contribution is 4.98. The second kappa shape index (κ2) is 3.35. The molecule has 1 saturated carbocycles. The summed E-state index contributed by atoms with van der Waals surface area (Å²) < 4.78 is 0. The van der Waals surface area contributed by atoms with Crippen molar-refractivity contribution in [1.82, 2.24) is 4.90 Å². The van der Waals surface area contributed by atoms with Crippen molar-refractivity contribution in [2.45, 2.75) is 32.2 Å². The number of aliphatic hydroxyl groups is 1. The molecule has 1 N–H and O–H groups in total. The number of fused-ring (bicyclic) bond motifs is 1. The Bertz CT molecular complexity index is 160. The normalized spacial score (nSPS) is 37.5. The lowest BCUT2D eigenvalue weighted by atomic mass is 10.1. The SMILES string of the molecule is CC(CO)CN1CCCC2CC21. The first-order chi connectivity index (χ1) is 5.81. The molecule has 2 aliphatic rings. The Hall–Kier alpha value is -0.0800. The van der Waals surface area contributed by atoms with Crippen molar-refractivity contribution in [2.24, 2.45) is 11.8 Å². The highest BCUT2D eigenvalue weighted by Crippen LogP contribution is 2.43. The van der Waals surface area contributed by atoms with E-state index >= 15 is 0 Å². The summed E-state index contributed by atoms with van der Waals surface area (Å²) in [7, 11) is 0. The molecule has 2 nitrogen and oxygen atoms in total. The number of aliphatic hydroxyl groups excluding tert-OH is 1. The summed E-state index contributed by atoms with van der Waals surface area (Å²) in [4.78, 5) is 2.58. The van der Waals surface area contributed by atoms with Crippen molar-refractivity contribution in [1.29, 1.82) is 0 Å². The van der Waals surface area contributed by atoms with E-state index in [0.29, 0.717) is 12.5 Å². The average Bonchev–Trinajstić information content (AvgIpc) is 2.84. The van der Waals surface area contributed by atoms with Crippen LogP contribution in [-0.4, -0.2) is 35.7 Å². The maximum atomic E-state index is 8.94. The monoisotopic (exact) mass is 169 g/mol. The molecule has 1 aliphatic carbocycles. The van der Waals surface area contributed by atoms with Crippen LogP contribution < -0.4 is 0 Å². The highest BCUT2D eigenvalue weighted by Gasteiger charge is 2.43. The van der Waals surface area contributed by atoms with Gasteiger partial charge in [0.25, 0.3) is 0 Å². The summed E-state index contributed by atoms with van der Waals surface area (Å²) >= 11 is 0. The first-order valence-corrected chi connectivity index (χ1v) is 5.16. The molecule has 2 rings (SSSR count). The summed E-state index contributed by atoms with van der Waals surface area (Å²) in [6.07, 6.45) is 4.26. The summed E-state index contributed by atoms with van der Waals surface area (Å²) in [6.45, 7) is 4.85. The largest absolute Gasteiger partial charge is 0.396 e. The van der Waals surface area contributed by atoms with Crippen molar-refractivity contribution in [3.63, 3.8) is 0 Å². The van der Waals surface area contributed by atoms with Crippen LogP contribution in [0.25, 0.3) is 0 Å². The van der Waals surface area contributed by atoms with E-state index in [1.165, 1.54) is 25.8 Å². The molecule has 0 aromatic rings. The molecule has 12 heavy (non-hydrogen) atoms. The maximum absolute atomic E-state index is 8.94. The zero-order valence-corrected chi connectivity index (χ0v) is 7.87. The summed E-state index contributed by atoms with van der Waals surface area (Å²) in [5.74, 6) is 1.48. The van der Waals surface area contributed by atoms with Crippen LogP contribution in [0, 0.1) is 11.8 Å². The molecule has 0 spiro atoms. The standard InChI is InChI=1S/C10H19NO/c1-8(7-12)6-11-4-2-3-9-5-10(9)11/h8-10,12H,2-7H2,1H3. The molecule has 70 valence electrons. The Labute approximate surface area is 74.6 Å². The third kappa shape index (κ3) is 1.64. The van der Waals surface area contributed by atoms with Crippen LogP contribution >= 0.6 is 0 Å². The molecule has 0 amide bonds. The number of hydrogen-bond acceptors (Lipinski definition) is 2.